The van der Waals surface area contributed by atoms with Gasteiger partial charge in [-0.25, -0.2) is 4.98 Å². The van der Waals surface area contributed by atoms with Crippen LogP contribution < -0.4 is 14.4 Å². The molecular weight excluding hydrogens is 370 g/mol. The summed E-state index contributed by atoms with van der Waals surface area (Å²) in [5, 5.41) is 3.30. The van der Waals surface area contributed by atoms with Crippen LogP contribution in [0.2, 0.25) is 0 Å². The second-order valence-electron chi connectivity index (χ2n) is 7.14. The summed E-state index contributed by atoms with van der Waals surface area (Å²) in [4.78, 5) is 9.78. The number of hydrogen-bond donors (Lipinski definition) is 0. The molecule has 2 aromatic carbocycles. The molecule has 0 unspecified atom stereocenters. The third-order valence-electron chi connectivity index (χ3n) is 5.26. The van der Waals surface area contributed by atoms with Gasteiger partial charge in [-0.2, -0.15) is 0 Å². The van der Waals surface area contributed by atoms with E-state index in [-0.39, 0.29) is 0 Å². The number of ether oxygens (including phenoxy) is 2. The molecule has 1 fully saturated rings. The molecule has 0 atom stereocenters. The Morgan fingerprint density at radius 2 is 1.86 bits per heavy atom. The Kier molecular flexibility index (Phi) is 4.89. The molecule has 28 heavy (non-hydrogen) atoms. The zero-order valence-electron chi connectivity index (χ0n) is 15.7. The van der Waals surface area contributed by atoms with Crippen molar-refractivity contribution < 1.29 is 9.47 Å². The van der Waals surface area contributed by atoms with E-state index in [2.05, 4.69) is 45.5 Å². The first kappa shape index (κ1) is 17.5. The van der Waals surface area contributed by atoms with Crippen molar-refractivity contribution in [2.45, 2.75) is 13.0 Å². The van der Waals surface area contributed by atoms with Gasteiger partial charge in [-0.05, 0) is 18.6 Å². The molecule has 0 radical (unpaired) electrons. The highest BCUT2D eigenvalue weighted by molar-refractivity contribution is 7.13. The van der Waals surface area contributed by atoms with Gasteiger partial charge < -0.3 is 14.4 Å². The van der Waals surface area contributed by atoms with Crippen LogP contribution in [0, 0.1) is 0 Å². The molecule has 0 saturated carbocycles. The number of rotatable bonds is 4. The number of nitrogens with zero attached hydrogens (tertiary/aromatic N) is 3. The van der Waals surface area contributed by atoms with E-state index in [4.69, 9.17) is 14.5 Å². The summed E-state index contributed by atoms with van der Waals surface area (Å²) in [6, 6.07) is 16.6. The molecule has 0 N–H and O–H groups in total. The Morgan fingerprint density at radius 3 is 2.79 bits per heavy atom. The maximum Gasteiger partial charge on any atom is 0.231 e. The van der Waals surface area contributed by atoms with E-state index in [1.165, 1.54) is 5.56 Å². The Bertz CT molecular complexity index is 944. The van der Waals surface area contributed by atoms with Crippen molar-refractivity contribution in [2.24, 2.45) is 0 Å². The van der Waals surface area contributed by atoms with Crippen LogP contribution >= 0.6 is 11.3 Å². The predicted octanol–water partition coefficient (Wildman–Crippen LogP) is 4.25. The molecule has 2 aliphatic heterocycles. The van der Waals surface area contributed by atoms with Gasteiger partial charge in [0, 0.05) is 43.7 Å². The molecular formula is C22H23N3O2S. The molecule has 3 heterocycles. The lowest BCUT2D eigenvalue weighted by Gasteiger charge is -2.24. The average Bonchev–Trinajstić information content (AvgIpc) is 3.34. The van der Waals surface area contributed by atoms with E-state index in [9.17, 15) is 0 Å². The Balaban J connectivity index is 1.25. The first-order chi connectivity index (χ1) is 13.9. The van der Waals surface area contributed by atoms with Gasteiger partial charge in [-0.1, -0.05) is 36.4 Å². The minimum Gasteiger partial charge on any atom is -0.454 e. The van der Waals surface area contributed by atoms with E-state index >= 15 is 0 Å². The van der Waals surface area contributed by atoms with E-state index in [0.29, 0.717) is 6.79 Å². The van der Waals surface area contributed by atoms with Crippen molar-refractivity contribution in [3.63, 3.8) is 0 Å². The summed E-state index contributed by atoms with van der Waals surface area (Å²) in [5.74, 6) is 1.75. The summed E-state index contributed by atoms with van der Waals surface area (Å²) in [5.41, 5.74) is 3.51. The van der Waals surface area contributed by atoms with Gasteiger partial charge in [-0.15, -0.1) is 11.3 Å². The number of aromatic nitrogens is 1. The highest BCUT2D eigenvalue weighted by Gasteiger charge is 2.23. The fraction of sp³-hybridized carbons (Fsp3) is 0.318. The summed E-state index contributed by atoms with van der Waals surface area (Å²) in [7, 11) is 0. The van der Waals surface area contributed by atoms with Gasteiger partial charge in [0.2, 0.25) is 6.79 Å². The monoisotopic (exact) mass is 393 g/mol. The second kappa shape index (κ2) is 7.81. The van der Waals surface area contributed by atoms with E-state index in [1.54, 1.807) is 11.3 Å². The van der Waals surface area contributed by atoms with E-state index in [0.717, 1.165) is 67.0 Å². The number of fused-ring (bicyclic) bond motifs is 1. The first-order valence-electron chi connectivity index (χ1n) is 9.72. The van der Waals surface area contributed by atoms with Crippen LogP contribution in [-0.4, -0.2) is 42.9 Å². The van der Waals surface area contributed by atoms with Crippen molar-refractivity contribution >= 4 is 17.0 Å². The van der Waals surface area contributed by atoms with Gasteiger partial charge in [0.1, 0.15) is 5.01 Å². The fourth-order valence-electron chi connectivity index (χ4n) is 3.86. The molecule has 0 aliphatic carbocycles. The highest BCUT2D eigenvalue weighted by Crippen LogP contribution is 2.41. The number of para-hydroxylation sites is 1. The molecule has 0 amide bonds. The topological polar surface area (TPSA) is 37.8 Å². The van der Waals surface area contributed by atoms with Crippen molar-refractivity contribution in [3.05, 3.63) is 59.6 Å². The van der Waals surface area contributed by atoms with Crippen molar-refractivity contribution in [2.75, 3.05) is 37.9 Å². The fourth-order valence-corrected chi connectivity index (χ4v) is 4.67. The average molecular weight is 394 g/mol. The molecule has 2 aliphatic rings. The van der Waals surface area contributed by atoms with Crippen molar-refractivity contribution in [1.29, 1.82) is 0 Å². The van der Waals surface area contributed by atoms with Crippen LogP contribution in [0.15, 0.2) is 53.9 Å². The first-order valence-corrected chi connectivity index (χ1v) is 10.6. The van der Waals surface area contributed by atoms with Crippen LogP contribution in [0.5, 0.6) is 11.5 Å². The van der Waals surface area contributed by atoms with Gasteiger partial charge in [-0.3, -0.25) is 4.90 Å². The predicted molar refractivity (Wildman–Crippen MR) is 112 cm³/mol. The largest absolute Gasteiger partial charge is 0.454 e. The number of thiazole rings is 1. The summed E-state index contributed by atoms with van der Waals surface area (Å²) in [6.07, 6.45) is 1.13. The number of hydrogen-bond acceptors (Lipinski definition) is 6. The Hall–Kier alpha value is -2.57. The SMILES string of the molecule is c1ccc(-c2nc(CN3CCCN(c4cccc5c4OCO5)CC3)cs2)cc1. The standard InChI is InChI=1S/C22H23N3O2S/c1-2-6-17(7-3-1)22-23-18(15-28-22)14-24-10-5-11-25(13-12-24)19-8-4-9-20-21(19)27-16-26-20/h1-4,6-9,15H,5,10-14,16H2. The molecule has 0 spiro atoms. The zero-order valence-corrected chi connectivity index (χ0v) is 16.5. The zero-order chi connectivity index (χ0) is 18.8. The maximum absolute atomic E-state index is 5.70. The molecule has 144 valence electrons. The van der Waals surface area contributed by atoms with Crippen molar-refractivity contribution in [3.8, 4) is 22.1 Å². The van der Waals surface area contributed by atoms with Crippen LogP contribution in [0.1, 0.15) is 12.1 Å². The summed E-state index contributed by atoms with van der Waals surface area (Å²) >= 11 is 1.73. The van der Waals surface area contributed by atoms with E-state index < -0.39 is 0 Å². The van der Waals surface area contributed by atoms with Gasteiger partial charge in [0.15, 0.2) is 11.5 Å². The Labute approximate surface area is 169 Å². The van der Waals surface area contributed by atoms with Gasteiger partial charge >= 0.3 is 0 Å². The maximum atomic E-state index is 5.70. The number of anilines is 1. The van der Waals surface area contributed by atoms with Crippen molar-refractivity contribution in [1.82, 2.24) is 9.88 Å². The lowest BCUT2D eigenvalue weighted by atomic mass is 10.2. The lowest BCUT2D eigenvalue weighted by molar-refractivity contribution is 0.174. The van der Waals surface area contributed by atoms with Gasteiger partial charge in [0.05, 0.1) is 11.4 Å². The molecule has 0 bridgehead atoms. The minimum atomic E-state index is 0.319. The molecule has 3 aromatic rings. The molecule has 5 nitrogen and oxygen atoms in total. The molecule has 1 saturated heterocycles. The lowest BCUT2D eigenvalue weighted by Crippen LogP contribution is -2.30. The number of benzene rings is 2. The van der Waals surface area contributed by atoms with Gasteiger partial charge in [0.25, 0.3) is 0 Å². The van der Waals surface area contributed by atoms with Crippen LogP contribution in [0.4, 0.5) is 5.69 Å². The van der Waals surface area contributed by atoms with Crippen LogP contribution in [0.3, 0.4) is 0 Å². The third-order valence-corrected chi connectivity index (χ3v) is 6.20. The van der Waals surface area contributed by atoms with Crippen LogP contribution in [0.25, 0.3) is 10.6 Å². The summed E-state index contributed by atoms with van der Waals surface area (Å²) in [6.45, 7) is 5.34. The second-order valence-corrected chi connectivity index (χ2v) is 8.00. The highest BCUT2D eigenvalue weighted by atomic mass is 32.1. The van der Waals surface area contributed by atoms with E-state index in [1.807, 2.05) is 18.2 Å². The molecule has 6 heteroatoms. The summed E-state index contributed by atoms with van der Waals surface area (Å²) < 4.78 is 11.2. The quantitative estimate of drug-likeness (QED) is 0.662. The van der Waals surface area contributed by atoms with Crippen LogP contribution in [-0.2, 0) is 6.54 Å². The molecule has 5 rings (SSSR count). The smallest absolute Gasteiger partial charge is 0.231 e. The Morgan fingerprint density at radius 1 is 0.929 bits per heavy atom. The minimum absolute atomic E-state index is 0.319. The normalized spacial score (nSPS) is 16.9. The third kappa shape index (κ3) is 3.57. The molecule has 1 aromatic heterocycles.